The van der Waals surface area contributed by atoms with Crippen LogP contribution in [0.2, 0.25) is 0 Å². The Bertz CT molecular complexity index is 328. The second kappa shape index (κ2) is 4.37. The minimum absolute atomic E-state index is 0.574. The first-order chi connectivity index (χ1) is 7.24. The molecular formula is C12H20N2O. The lowest BCUT2D eigenvalue weighted by Crippen LogP contribution is -2.24. The Morgan fingerprint density at radius 1 is 1.53 bits per heavy atom. The van der Waals surface area contributed by atoms with Gasteiger partial charge in [-0.1, -0.05) is 6.92 Å². The highest BCUT2D eigenvalue weighted by Crippen LogP contribution is 2.28. The SMILES string of the molecule is CCN(Cc1cc(CN)c(C)o1)C1CC1. The summed E-state index contributed by atoms with van der Waals surface area (Å²) in [5.41, 5.74) is 6.76. The van der Waals surface area contributed by atoms with Crippen LogP contribution in [0.25, 0.3) is 0 Å². The van der Waals surface area contributed by atoms with Crippen LogP contribution < -0.4 is 5.73 Å². The van der Waals surface area contributed by atoms with Crippen molar-refractivity contribution in [2.24, 2.45) is 5.73 Å². The zero-order valence-electron chi connectivity index (χ0n) is 9.62. The van der Waals surface area contributed by atoms with Crippen LogP contribution in [0.5, 0.6) is 0 Å². The Hall–Kier alpha value is -0.800. The normalized spacial score (nSPS) is 16.3. The van der Waals surface area contributed by atoms with Crippen LogP contribution in [0.3, 0.4) is 0 Å². The van der Waals surface area contributed by atoms with Crippen LogP contribution in [-0.2, 0) is 13.1 Å². The van der Waals surface area contributed by atoms with Gasteiger partial charge < -0.3 is 10.2 Å². The molecule has 0 spiro atoms. The zero-order chi connectivity index (χ0) is 10.8. The average molecular weight is 208 g/mol. The smallest absolute Gasteiger partial charge is 0.118 e. The molecule has 84 valence electrons. The van der Waals surface area contributed by atoms with E-state index in [1.54, 1.807) is 0 Å². The Labute approximate surface area is 91.2 Å². The van der Waals surface area contributed by atoms with Gasteiger partial charge in [-0.3, -0.25) is 4.90 Å². The number of aryl methyl sites for hydroxylation is 1. The number of furan rings is 1. The first-order valence-electron chi connectivity index (χ1n) is 5.77. The molecule has 3 heteroatoms. The summed E-state index contributed by atoms with van der Waals surface area (Å²) in [6.07, 6.45) is 2.69. The van der Waals surface area contributed by atoms with Crippen molar-refractivity contribution in [1.29, 1.82) is 0 Å². The van der Waals surface area contributed by atoms with E-state index in [0.29, 0.717) is 6.54 Å². The Balaban J connectivity index is 2.02. The standard InChI is InChI=1S/C12H20N2O/c1-3-14(11-4-5-11)8-12-6-10(7-13)9(2)15-12/h6,11H,3-5,7-8,13H2,1-2H3. The predicted molar refractivity (Wildman–Crippen MR) is 60.4 cm³/mol. The van der Waals surface area contributed by atoms with E-state index in [2.05, 4.69) is 17.9 Å². The highest BCUT2D eigenvalue weighted by Gasteiger charge is 2.28. The Morgan fingerprint density at radius 2 is 2.27 bits per heavy atom. The van der Waals surface area contributed by atoms with Gasteiger partial charge in [0.15, 0.2) is 0 Å². The largest absolute Gasteiger partial charge is 0.465 e. The second-order valence-electron chi connectivity index (χ2n) is 4.29. The monoisotopic (exact) mass is 208 g/mol. The first kappa shape index (κ1) is 10.7. The summed E-state index contributed by atoms with van der Waals surface area (Å²) < 4.78 is 5.69. The van der Waals surface area contributed by atoms with E-state index in [9.17, 15) is 0 Å². The lowest BCUT2D eigenvalue weighted by atomic mass is 10.2. The molecule has 0 aliphatic heterocycles. The Kier molecular flexibility index (Phi) is 3.12. The molecule has 0 amide bonds. The number of hydrogen-bond donors (Lipinski definition) is 1. The van der Waals surface area contributed by atoms with Crippen LogP contribution in [0.4, 0.5) is 0 Å². The number of hydrogen-bond acceptors (Lipinski definition) is 3. The van der Waals surface area contributed by atoms with Gasteiger partial charge in [0, 0.05) is 18.2 Å². The molecule has 0 aromatic carbocycles. The molecule has 0 radical (unpaired) electrons. The summed E-state index contributed by atoms with van der Waals surface area (Å²) in [6.45, 7) is 6.80. The minimum Gasteiger partial charge on any atom is -0.465 e. The number of nitrogens with zero attached hydrogens (tertiary/aromatic N) is 1. The topological polar surface area (TPSA) is 42.4 Å². The van der Waals surface area contributed by atoms with E-state index in [1.807, 2.05) is 6.92 Å². The third kappa shape index (κ3) is 2.41. The highest BCUT2D eigenvalue weighted by molar-refractivity contribution is 5.20. The van der Waals surface area contributed by atoms with Crippen LogP contribution >= 0.6 is 0 Å². The van der Waals surface area contributed by atoms with Crippen molar-refractivity contribution in [2.45, 2.75) is 45.8 Å². The van der Waals surface area contributed by atoms with Crippen LogP contribution in [-0.4, -0.2) is 17.5 Å². The van der Waals surface area contributed by atoms with Gasteiger partial charge in [0.2, 0.25) is 0 Å². The zero-order valence-corrected chi connectivity index (χ0v) is 9.62. The molecule has 1 aliphatic carbocycles. The lowest BCUT2D eigenvalue weighted by Gasteiger charge is -2.17. The first-order valence-corrected chi connectivity index (χ1v) is 5.77. The second-order valence-corrected chi connectivity index (χ2v) is 4.29. The molecule has 1 aromatic heterocycles. The van der Waals surface area contributed by atoms with Crippen LogP contribution in [0.15, 0.2) is 10.5 Å². The van der Waals surface area contributed by atoms with E-state index in [0.717, 1.165) is 36.2 Å². The molecular weight excluding hydrogens is 188 g/mol. The van der Waals surface area contributed by atoms with Crippen molar-refractivity contribution in [2.75, 3.05) is 6.54 Å². The summed E-state index contributed by atoms with van der Waals surface area (Å²) in [6, 6.07) is 2.89. The molecule has 0 atom stereocenters. The maximum atomic E-state index is 5.69. The Morgan fingerprint density at radius 3 is 2.73 bits per heavy atom. The molecule has 0 saturated heterocycles. The van der Waals surface area contributed by atoms with Gasteiger partial charge in [0.05, 0.1) is 6.54 Å². The highest BCUT2D eigenvalue weighted by atomic mass is 16.3. The maximum Gasteiger partial charge on any atom is 0.118 e. The van der Waals surface area contributed by atoms with Crippen molar-refractivity contribution < 1.29 is 4.42 Å². The van der Waals surface area contributed by atoms with Crippen molar-refractivity contribution in [3.05, 3.63) is 23.2 Å². The van der Waals surface area contributed by atoms with Gasteiger partial charge in [0.25, 0.3) is 0 Å². The van der Waals surface area contributed by atoms with Crippen molar-refractivity contribution in [3.63, 3.8) is 0 Å². The van der Waals surface area contributed by atoms with Gasteiger partial charge in [0.1, 0.15) is 11.5 Å². The van der Waals surface area contributed by atoms with Gasteiger partial charge in [-0.2, -0.15) is 0 Å². The number of rotatable bonds is 5. The fraction of sp³-hybridized carbons (Fsp3) is 0.667. The fourth-order valence-corrected chi connectivity index (χ4v) is 2.01. The van der Waals surface area contributed by atoms with E-state index < -0.39 is 0 Å². The summed E-state index contributed by atoms with van der Waals surface area (Å²) >= 11 is 0. The van der Waals surface area contributed by atoms with E-state index in [1.165, 1.54) is 12.8 Å². The minimum atomic E-state index is 0.574. The van der Waals surface area contributed by atoms with Crippen molar-refractivity contribution in [3.8, 4) is 0 Å². The van der Waals surface area contributed by atoms with Crippen molar-refractivity contribution in [1.82, 2.24) is 4.90 Å². The van der Waals surface area contributed by atoms with Crippen molar-refractivity contribution >= 4 is 0 Å². The molecule has 0 unspecified atom stereocenters. The third-order valence-electron chi connectivity index (χ3n) is 3.12. The lowest BCUT2D eigenvalue weighted by molar-refractivity contribution is 0.244. The fourth-order valence-electron chi connectivity index (χ4n) is 2.01. The summed E-state index contributed by atoms with van der Waals surface area (Å²) in [5.74, 6) is 2.03. The van der Waals surface area contributed by atoms with E-state index in [-0.39, 0.29) is 0 Å². The molecule has 3 nitrogen and oxygen atoms in total. The van der Waals surface area contributed by atoms with Gasteiger partial charge >= 0.3 is 0 Å². The molecule has 15 heavy (non-hydrogen) atoms. The predicted octanol–water partition coefficient (Wildman–Crippen LogP) is 2.03. The molecule has 2 N–H and O–H groups in total. The summed E-state index contributed by atoms with van der Waals surface area (Å²) in [4.78, 5) is 2.47. The van der Waals surface area contributed by atoms with Gasteiger partial charge in [-0.05, 0) is 32.4 Å². The van der Waals surface area contributed by atoms with Gasteiger partial charge in [-0.25, -0.2) is 0 Å². The summed E-state index contributed by atoms with van der Waals surface area (Å²) in [7, 11) is 0. The molecule has 1 aliphatic rings. The maximum absolute atomic E-state index is 5.69. The number of nitrogens with two attached hydrogens (primary N) is 1. The van der Waals surface area contributed by atoms with Crippen LogP contribution in [0, 0.1) is 6.92 Å². The molecule has 2 rings (SSSR count). The van der Waals surface area contributed by atoms with E-state index in [4.69, 9.17) is 10.2 Å². The molecule has 1 fully saturated rings. The summed E-state index contributed by atoms with van der Waals surface area (Å²) in [5, 5.41) is 0. The van der Waals surface area contributed by atoms with E-state index >= 15 is 0 Å². The van der Waals surface area contributed by atoms with Gasteiger partial charge in [-0.15, -0.1) is 0 Å². The molecule has 1 aromatic rings. The molecule has 1 heterocycles. The quantitative estimate of drug-likeness (QED) is 0.805. The molecule has 1 saturated carbocycles. The average Bonchev–Trinajstić information content (AvgIpc) is 3.00. The van der Waals surface area contributed by atoms with Crippen LogP contribution in [0.1, 0.15) is 36.8 Å². The molecule has 0 bridgehead atoms. The third-order valence-corrected chi connectivity index (χ3v) is 3.12.